The van der Waals surface area contributed by atoms with Crippen LogP contribution in [0.15, 0.2) is 47.7 Å². The van der Waals surface area contributed by atoms with Crippen molar-refractivity contribution < 1.29 is 0 Å². The predicted molar refractivity (Wildman–Crippen MR) is 156 cm³/mol. The molecule has 6 nitrogen and oxygen atoms in total. The number of pyridine rings is 1. The molecule has 1 saturated carbocycles. The van der Waals surface area contributed by atoms with Gasteiger partial charge in [0.05, 0.1) is 10.2 Å². The largest absolute Gasteiger partial charge is 0.366 e. The fraction of sp³-hybridized carbons (Fsp3) is 0.433. The highest BCUT2D eigenvalue weighted by atomic mass is 35.5. The number of hydrogen-bond acceptors (Lipinski definition) is 6. The number of aryl methyl sites for hydroxylation is 2. The summed E-state index contributed by atoms with van der Waals surface area (Å²) in [6, 6.07) is 9.10. The van der Waals surface area contributed by atoms with E-state index in [0.717, 1.165) is 46.0 Å². The number of aromatic nitrogens is 3. The third-order valence-corrected chi connectivity index (χ3v) is 10.5. The smallest absolute Gasteiger partial charge is 0.272 e. The van der Waals surface area contributed by atoms with Crippen molar-refractivity contribution in [1.82, 2.24) is 19.4 Å². The summed E-state index contributed by atoms with van der Waals surface area (Å²) < 4.78 is 2.73. The lowest BCUT2D eigenvalue weighted by Crippen LogP contribution is -2.47. The molecular weight excluding hydrogens is 514 g/mol. The quantitative estimate of drug-likeness (QED) is 0.330. The summed E-state index contributed by atoms with van der Waals surface area (Å²) in [5.41, 5.74) is 6.97. The highest BCUT2D eigenvalue weighted by Crippen LogP contribution is 2.49. The molecule has 1 spiro atoms. The van der Waals surface area contributed by atoms with Gasteiger partial charge in [-0.1, -0.05) is 11.6 Å². The lowest BCUT2D eigenvalue weighted by molar-refractivity contribution is 0.0801. The summed E-state index contributed by atoms with van der Waals surface area (Å²) in [5.74, 6) is 0. The normalized spacial score (nSPS) is 20.7. The lowest BCUT2D eigenvalue weighted by Gasteiger charge is -2.44. The van der Waals surface area contributed by atoms with Crippen molar-refractivity contribution in [3.05, 3.63) is 74.4 Å². The molecule has 2 aliphatic heterocycles. The minimum Gasteiger partial charge on any atom is -0.366 e. The van der Waals surface area contributed by atoms with E-state index in [1.807, 2.05) is 6.20 Å². The van der Waals surface area contributed by atoms with Gasteiger partial charge in [0.15, 0.2) is 0 Å². The van der Waals surface area contributed by atoms with Gasteiger partial charge in [0.25, 0.3) is 5.56 Å². The monoisotopic (exact) mass is 545 g/mol. The van der Waals surface area contributed by atoms with Gasteiger partial charge in [-0.3, -0.25) is 19.7 Å². The Bertz CT molecular complexity index is 1610. The highest BCUT2D eigenvalue weighted by Gasteiger charge is 2.49. The molecule has 7 rings (SSSR count). The molecular formula is C30H32ClN5OS. The average molecular weight is 546 g/mol. The van der Waals surface area contributed by atoms with Crippen LogP contribution in [-0.4, -0.2) is 51.2 Å². The van der Waals surface area contributed by atoms with Crippen LogP contribution in [0.4, 0.5) is 5.69 Å². The van der Waals surface area contributed by atoms with E-state index in [4.69, 9.17) is 16.6 Å². The fourth-order valence-corrected chi connectivity index (χ4v) is 8.37. The topological polar surface area (TPSA) is 54.3 Å². The number of likely N-dealkylation sites (tertiary alicyclic amines) is 1. The standard InChI is InChI=1S/C30H32ClN5OS/c1-34-12-10-33-26(29(34)37)16-22-15-25-28(38-22)23(6-9-32-25)24-14-20(31)13-19-5-3-11-36(27(19)24)21-17-30(7-4-8-30)35(2)18-21/h6,9-10,12-15,21H,3-5,7-8,11,16-18H2,1-2H3. The lowest BCUT2D eigenvalue weighted by atomic mass is 9.74. The Labute approximate surface area is 231 Å². The summed E-state index contributed by atoms with van der Waals surface area (Å²) in [6.45, 7) is 2.21. The molecule has 3 aromatic heterocycles. The molecule has 0 radical (unpaired) electrons. The first-order chi connectivity index (χ1) is 18.4. The highest BCUT2D eigenvalue weighted by molar-refractivity contribution is 7.19. The molecule has 0 N–H and O–H groups in total. The van der Waals surface area contributed by atoms with Crippen molar-refractivity contribution in [3.8, 4) is 11.1 Å². The number of fused-ring (bicyclic) bond motifs is 2. The zero-order valence-electron chi connectivity index (χ0n) is 21.9. The average Bonchev–Trinajstić information content (AvgIpc) is 3.46. The van der Waals surface area contributed by atoms with Gasteiger partial charge >= 0.3 is 0 Å². The first-order valence-electron chi connectivity index (χ1n) is 13.6. The van der Waals surface area contributed by atoms with Crippen LogP contribution in [0.1, 0.15) is 48.2 Å². The molecule has 1 aromatic carbocycles. The molecule has 4 aromatic rings. The van der Waals surface area contributed by atoms with Crippen molar-refractivity contribution in [1.29, 1.82) is 0 Å². The Balaban J connectivity index is 1.32. The number of halogens is 1. The van der Waals surface area contributed by atoms with Crippen LogP contribution in [-0.2, 0) is 19.9 Å². The van der Waals surface area contributed by atoms with Gasteiger partial charge in [-0.05, 0) is 75.4 Å². The molecule has 0 amide bonds. The van der Waals surface area contributed by atoms with Crippen LogP contribution in [0.2, 0.25) is 5.02 Å². The van der Waals surface area contributed by atoms with Crippen LogP contribution in [0.3, 0.4) is 0 Å². The Hall–Kier alpha value is -2.74. The summed E-state index contributed by atoms with van der Waals surface area (Å²) >= 11 is 8.46. The van der Waals surface area contributed by atoms with Gasteiger partial charge in [0.1, 0.15) is 5.69 Å². The van der Waals surface area contributed by atoms with Crippen LogP contribution in [0.5, 0.6) is 0 Å². The zero-order valence-corrected chi connectivity index (χ0v) is 23.5. The third kappa shape index (κ3) is 3.90. The Morgan fingerprint density at radius 1 is 1.11 bits per heavy atom. The van der Waals surface area contributed by atoms with E-state index in [1.165, 1.54) is 48.1 Å². The number of thiophene rings is 1. The van der Waals surface area contributed by atoms with Gasteiger partial charge in [-0.2, -0.15) is 0 Å². The van der Waals surface area contributed by atoms with E-state index < -0.39 is 0 Å². The van der Waals surface area contributed by atoms with Crippen LogP contribution < -0.4 is 10.5 Å². The maximum atomic E-state index is 12.6. The number of likely N-dealkylation sites (N-methyl/N-ethyl adjacent to an activating group) is 1. The molecule has 8 heteroatoms. The Kier molecular flexibility index (Phi) is 5.87. The molecule has 1 unspecified atom stereocenters. The van der Waals surface area contributed by atoms with Crippen molar-refractivity contribution in [2.24, 2.45) is 7.05 Å². The van der Waals surface area contributed by atoms with E-state index in [9.17, 15) is 4.79 Å². The van der Waals surface area contributed by atoms with Gasteiger partial charge < -0.3 is 9.47 Å². The van der Waals surface area contributed by atoms with E-state index in [0.29, 0.717) is 23.7 Å². The number of benzene rings is 1. The van der Waals surface area contributed by atoms with Crippen molar-refractivity contribution in [2.75, 3.05) is 25.0 Å². The minimum atomic E-state index is -0.0524. The van der Waals surface area contributed by atoms with E-state index in [2.05, 4.69) is 46.1 Å². The van der Waals surface area contributed by atoms with Crippen molar-refractivity contribution in [2.45, 2.75) is 56.5 Å². The van der Waals surface area contributed by atoms with Crippen molar-refractivity contribution >= 4 is 38.8 Å². The number of anilines is 1. The first-order valence-corrected chi connectivity index (χ1v) is 14.8. The van der Waals surface area contributed by atoms with Crippen LogP contribution >= 0.6 is 22.9 Å². The maximum absolute atomic E-state index is 12.6. The predicted octanol–water partition coefficient (Wildman–Crippen LogP) is 5.68. The summed E-state index contributed by atoms with van der Waals surface area (Å²) in [7, 11) is 4.09. The minimum absolute atomic E-state index is 0.0524. The molecule has 1 aliphatic carbocycles. The summed E-state index contributed by atoms with van der Waals surface area (Å²) in [5, 5.41) is 0.790. The molecule has 38 heavy (non-hydrogen) atoms. The summed E-state index contributed by atoms with van der Waals surface area (Å²) in [6.07, 6.45) is 13.3. The number of nitrogens with zero attached hydrogens (tertiary/aromatic N) is 5. The molecule has 2 fully saturated rings. The molecule has 0 bridgehead atoms. The van der Waals surface area contributed by atoms with Crippen LogP contribution in [0, 0.1) is 0 Å². The Morgan fingerprint density at radius 2 is 1.97 bits per heavy atom. The second-order valence-electron chi connectivity index (χ2n) is 11.3. The Morgan fingerprint density at radius 3 is 2.76 bits per heavy atom. The number of rotatable bonds is 4. The SMILES string of the molecule is CN1CC(N2CCCc3cc(Cl)cc(-c4ccnc5cc(Cc6nccn(C)c6=O)sc45)c32)CC12CCC2. The second kappa shape index (κ2) is 9.18. The first kappa shape index (κ1) is 24.3. The van der Waals surface area contributed by atoms with E-state index in [1.54, 1.807) is 35.3 Å². The summed E-state index contributed by atoms with van der Waals surface area (Å²) in [4.78, 5) is 28.1. The van der Waals surface area contributed by atoms with Gasteiger partial charge in [-0.25, -0.2) is 0 Å². The third-order valence-electron chi connectivity index (χ3n) is 9.10. The molecule has 1 atom stereocenters. The molecule has 5 heterocycles. The van der Waals surface area contributed by atoms with Gasteiger partial charge in [-0.15, -0.1) is 11.3 Å². The second-order valence-corrected chi connectivity index (χ2v) is 12.9. The fourth-order valence-electron chi connectivity index (χ4n) is 6.98. The van der Waals surface area contributed by atoms with Crippen molar-refractivity contribution in [3.63, 3.8) is 0 Å². The van der Waals surface area contributed by atoms with Crippen LogP contribution in [0.25, 0.3) is 21.3 Å². The van der Waals surface area contributed by atoms with E-state index in [-0.39, 0.29) is 5.56 Å². The maximum Gasteiger partial charge on any atom is 0.272 e. The van der Waals surface area contributed by atoms with E-state index >= 15 is 0 Å². The zero-order chi connectivity index (χ0) is 26.0. The van der Waals surface area contributed by atoms with Gasteiger partial charge in [0, 0.05) is 83.4 Å². The van der Waals surface area contributed by atoms with Gasteiger partial charge in [0.2, 0.25) is 0 Å². The molecule has 196 valence electrons. The molecule has 1 saturated heterocycles. The molecule has 3 aliphatic rings. The number of hydrogen-bond donors (Lipinski definition) is 0.